The summed E-state index contributed by atoms with van der Waals surface area (Å²) in [5, 5.41) is 9.57. The Balaban J connectivity index is 3.64. The van der Waals surface area contributed by atoms with Gasteiger partial charge in [0.1, 0.15) is 6.61 Å². The molecule has 5 nitrogen and oxygen atoms in total. The molecule has 0 aromatic carbocycles. The highest BCUT2D eigenvalue weighted by Crippen LogP contribution is 2.13. The summed E-state index contributed by atoms with van der Waals surface area (Å²) in [5.41, 5.74) is 0. The lowest BCUT2D eigenvalue weighted by molar-refractivity contribution is -0.161. The molecule has 0 amide bonds. The third-order valence-corrected chi connectivity index (χ3v) is 8.67. The molecular formula is C47H78O5. The Morgan fingerprint density at radius 1 is 0.462 bits per heavy atom. The number of hydrogen-bond donors (Lipinski definition) is 1. The highest BCUT2D eigenvalue weighted by molar-refractivity contribution is 5.70. The van der Waals surface area contributed by atoms with Crippen molar-refractivity contribution in [3.8, 4) is 0 Å². The molecule has 52 heavy (non-hydrogen) atoms. The SMILES string of the molecule is CC/C=C\C/C=C\C/C=C\C/C=C\C/C=C\CCCCCC(=O)O[C@@H](CO)COC(=O)CCCCCCCCCCC/C=C\C/C=C\CCCCC. The van der Waals surface area contributed by atoms with Crippen LogP contribution in [0.2, 0.25) is 0 Å². The Kier molecular flexibility index (Phi) is 40.1. The third kappa shape index (κ3) is 39.9. The van der Waals surface area contributed by atoms with Crippen LogP contribution in [0.25, 0.3) is 0 Å². The van der Waals surface area contributed by atoms with E-state index in [1.54, 1.807) is 0 Å². The van der Waals surface area contributed by atoms with E-state index in [2.05, 4.69) is 98.9 Å². The number of rotatable bonds is 37. The highest BCUT2D eigenvalue weighted by Gasteiger charge is 2.16. The summed E-state index contributed by atoms with van der Waals surface area (Å²) in [5.74, 6) is -0.639. The lowest BCUT2D eigenvalue weighted by atomic mass is 10.1. The summed E-state index contributed by atoms with van der Waals surface area (Å²) in [4.78, 5) is 24.3. The van der Waals surface area contributed by atoms with Crippen LogP contribution in [-0.4, -0.2) is 36.4 Å². The minimum Gasteiger partial charge on any atom is -0.462 e. The molecule has 0 saturated heterocycles. The van der Waals surface area contributed by atoms with Gasteiger partial charge in [-0.2, -0.15) is 0 Å². The summed E-state index contributed by atoms with van der Waals surface area (Å²) in [6, 6.07) is 0. The number of esters is 2. The van der Waals surface area contributed by atoms with E-state index in [9.17, 15) is 14.7 Å². The predicted octanol–water partition coefficient (Wildman–Crippen LogP) is 13.5. The lowest BCUT2D eigenvalue weighted by Crippen LogP contribution is -2.28. The number of allylic oxidation sites excluding steroid dienone is 14. The molecule has 0 bridgehead atoms. The van der Waals surface area contributed by atoms with Crippen molar-refractivity contribution < 1.29 is 24.2 Å². The van der Waals surface area contributed by atoms with E-state index < -0.39 is 6.10 Å². The minimum absolute atomic E-state index is 0.0862. The second-order valence-electron chi connectivity index (χ2n) is 13.7. The topological polar surface area (TPSA) is 72.8 Å². The molecule has 0 radical (unpaired) electrons. The van der Waals surface area contributed by atoms with Crippen LogP contribution in [-0.2, 0) is 19.1 Å². The van der Waals surface area contributed by atoms with Crippen molar-refractivity contribution in [3.05, 3.63) is 85.1 Å². The van der Waals surface area contributed by atoms with Crippen LogP contribution in [0.5, 0.6) is 0 Å². The van der Waals surface area contributed by atoms with Crippen molar-refractivity contribution in [2.75, 3.05) is 13.2 Å². The molecule has 0 aliphatic heterocycles. The van der Waals surface area contributed by atoms with E-state index in [0.29, 0.717) is 12.8 Å². The van der Waals surface area contributed by atoms with E-state index in [4.69, 9.17) is 9.47 Å². The minimum atomic E-state index is -0.795. The standard InChI is InChI=1S/C47H78O5/c1-3-5-7-9-11-13-15-17-19-21-23-25-27-29-31-33-35-37-39-41-46(49)51-44-45(43-48)52-47(50)42-40-38-36-34-32-30-28-26-24-22-20-18-16-14-12-10-8-6-4-2/h6,8,11-14,17-20,24,26,30,32,45,48H,3-5,7,9-10,15-16,21-23,25,27-29,31,33-44H2,1-2H3/b8-6-,13-11-,14-12-,19-17-,20-18-,26-24-,32-30-/t45-/m0/s1. The largest absolute Gasteiger partial charge is 0.462 e. The smallest absolute Gasteiger partial charge is 0.306 e. The predicted molar refractivity (Wildman–Crippen MR) is 223 cm³/mol. The lowest BCUT2D eigenvalue weighted by Gasteiger charge is -2.15. The van der Waals surface area contributed by atoms with Gasteiger partial charge in [-0.05, 0) is 89.9 Å². The maximum atomic E-state index is 12.2. The fourth-order valence-electron chi connectivity index (χ4n) is 5.49. The van der Waals surface area contributed by atoms with Gasteiger partial charge in [-0.1, -0.05) is 163 Å². The molecule has 1 atom stereocenters. The van der Waals surface area contributed by atoms with E-state index in [0.717, 1.165) is 83.5 Å². The number of carbonyl (C=O) groups excluding carboxylic acids is 2. The van der Waals surface area contributed by atoms with Gasteiger partial charge in [0, 0.05) is 12.8 Å². The zero-order valence-corrected chi connectivity index (χ0v) is 33.5. The Morgan fingerprint density at radius 2 is 0.827 bits per heavy atom. The first-order valence-electron chi connectivity index (χ1n) is 21.1. The number of aliphatic hydroxyl groups excluding tert-OH is 1. The molecule has 0 aliphatic rings. The highest BCUT2D eigenvalue weighted by atomic mass is 16.6. The molecule has 0 aromatic rings. The van der Waals surface area contributed by atoms with E-state index >= 15 is 0 Å². The maximum absolute atomic E-state index is 12.2. The normalized spacial score (nSPS) is 13.1. The quantitative estimate of drug-likeness (QED) is 0.0393. The van der Waals surface area contributed by atoms with Gasteiger partial charge in [0.05, 0.1) is 6.61 Å². The number of ether oxygens (including phenoxy) is 2. The maximum Gasteiger partial charge on any atom is 0.306 e. The third-order valence-electron chi connectivity index (χ3n) is 8.67. The van der Waals surface area contributed by atoms with Crippen molar-refractivity contribution in [3.63, 3.8) is 0 Å². The molecule has 0 rings (SSSR count). The van der Waals surface area contributed by atoms with Gasteiger partial charge in [0.15, 0.2) is 6.10 Å². The second-order valence-corrected chi connectivity index (χ2v) is 13.7. The Labute approximate surface area is 320 Å². The summed E-state index contributed by atoms with van der Waals surface area (Å²) in [7, 11) is 0. The number of hydrogen-bond acceptors (Lipinski definition) is 5. The van der Waals surface area contributed by atoms with Crippen LogP contribution in [0.15, 0.2) is 85.1 Å². The van der Waals surface area contributed by atoms with Gasteiger partial charge in [-0.25, -0.2) is 0 Å². The van der Waals surface area contributed by atoms with Gasteiger partial charge in [0.25, 0.3) is 0 Å². The zero-order valence-electron chi connectivity index (χ0n) is 33.5. The summed E-state index contributed by atoms with van der Waals surface area (Å²) < 4.78 is 10.6. The number of aliphatic hydroxyl groups is 1. The van der Waals surface area contributed by atoms with Gasteiger partial charge in [-0.3, -0.25) is 9.59 Å². The van der Waals surface area contributed by atoms with E-state index in [1.807, 2.05) is 0 Å². The number of unbranched alkanes of at least 4 members (excludes halogenated alkanes) is 15. The molecule has 0 spiro atoms. The van der Waals surface area contributed by atoms with Crippen molar-refractivity contribution in [2.45, 2.75) is 187 Å². The Morgan fingerprint density at radius 3 is 1.27 bits per heavy atom. The van der Waals surface area contributed by atoms with E-state index in [1.165, 1.54) is 70.6 Å². The molecule has 0 saturated carbocycles. The molecule has 1 N–H and O–H groups in total. The van der Waals surface area contributed by atoms with Crippen LogP contribution >= 0.6 is 0 Å². The van der Waals surface area contributed by atoms with E-state index in [-0.39, 0.29) is 25.2 Å². The van der Waals surface area contributed by atoms with Crippen molar-refractivity contribution in [2.24, 2.45) is 0 Å². The summed E-state index contributed by atoms with van der Waals surface area (Å²) in [6.45, 7) is 3.96. The average Bonchev–Trinajstić information content (AvgIpc) is 3.15. The second kappa shape index (κ2) is 42.5. The van der Waals surface area contributed by atoms with Gasteiger partial charge in [0.2, 0.25) is 0 Å². The fourth-order valence-corrected chi connectivity index (χ4v) is 5.49. The molecule has 0 heterocycles. The first-order chi connectivity index (χ1) is 25.6. The first kappa shape index (κ1) is 49.1. The fraction of sp³-hybridized carbons (Fsp3) is 0.660. The van der Waals surface area contributed by atoms with Crippen molar-refractivity contribution in [1.29, 1.82) is 0 Å². The molecule has 0 fully saturated rings. The number of carbonyl (C=O) groups is 2. The van der Waals surface area contributed by atoms with Gasteiger partial charge in [-0.15, -0.1) is 0 Å². The van der Waals surface area contributed by atoms with Crippen LogP contribution in [0, 0.1) is 0 Å². The van der Waals surface area contributed by atoms with Gasteiger partial charge >= 0.3 is 11.9 Å². The first-order valence-corrected chi connectivity index (χ1v) is 21.1. The molecule has 0 aliphatic carbocycles. The Hall–Kier alpha value is -2.92. The molecular weight excluding hydrogens is 645 g/mol. The van der Waals surface area contributed by atoms with Crippen LogP contribution in [0.4, 0.5) is 0 Å². The zero-order chi connectivity index (χ0) is 37.8. The summed E-state index contributed by atoms with van der Waals surface area (Å²) >= 11 is 0. The van der Waals surface area contributed by atoms with Crippen molar-refractivity contribution in [1.82, 2.24) is 0 Å². The van der Waals surface area contributed by atoms with Gasteiger partial charge < -0.3 is 14.6 Å². The van der Waals surface area contributed by atoms with Crippen LogP contribution < -0.4 is 0 Å². The Bertz CT molecular complexity index is 999. The van der Waals surface area contributed by atoms with Crippen LogP contribution in [0.1, 0.15) is 181 Å². The summed E-state index contributed by atoms with van der Waals surface area (Å²) in [6.07, 6.45) is 57.9. The monoisotopic (exact) mass is 723 g/mol. The molecule has 0 aromatic heterocycles. The van der Waals surface area contributed by atoms with Crippen molar-refractivity contribution >= 4 is 11.9 Å². The average molecular weight is 723 g/mol. The molecule has 0 unspecified atom stereocenters. The van der Waals surface area contributed by atoms with Crippen LogP contribution in [0.3, 0.4) is 0 Å². The molecule has 5 heteroatoms. The molecule has 296 valence electrons.